The van der Waals surface area contributed by atoms with E-state index in [0.29, 0.717) is 11.3 Å². The molecule has 1 aromatic carbocycles. The number of sulfonamides is 1. The second-order valence-corrected chi connectivity index (χ2v) is 7.28. The van der Waals surface area contributed by atoms with Gasteiger partial charge in [0.25, 0.3) is 5.56 Å². The predicted molar refractivity (Wildman–Crippen MR) is 90.0 cm³/mol. The third kappa shape index (κ3) is 4.20. The second kappa shape index (κ2) is 6.55. The van der Waals surface area contributed by atoms with E-state index in [1.165, 1.54) is 19.4 Å². The Bertz CT molecular complexity index is 831. The molecule has 2 rings (SSSR count). The largest absolute Gasteiger partial charge is 0.373 e. The molecule has 0 saturated carbocycles. The van der Waals surface area contributed by atoms with Gasteiger partial charge in [0.2, 0.25) is 10.0 Å². The molecule has 2 aromatic rings. The third-order valence-electron chi connectivity index (χ3n) is 3.66. The second-order valence-electron chi connectivity index (χ2n) is 5.56. The van der Waals surface area contributed by atoms with Crippen LogP contribution in [-0.2, 0) is 20.4 Å². The van der Waals surface area contributed by atoms with Crippen molar-refractivity contribution in [3.05, 3.63) is 64.1 Å². The van der Waals surface area contributed by atoms with Crippen LogP contribution >= 0.6 is 0 Å². The molecule has 0 bridgehead atoms. The minimum absolute atomic E-state index is 0.251. The zero-order chi connectivity index (χ0) is 17.1. The molecule has 0 aliphatic rings. The molecule has 1 heterocycles. The van der Waals surface area contributed by atoms with Crippen molar-refractivity contribution in [1.82, 2.24) is 4.98 Å². The summed E-state index contributed by atoms with van der Waals surface area (Å²) in [6.07, 6.45) is 1.33. The summed E-state index contributed by atoms with van der Waals surface area (Å²) < 4.78 is 32.9. The molecule has 1 aromatic heterocycles. The lowest BCUT2D eigenvalue weighted by atomic mass is 9.98. The lowest BCUT2D eigenvalue weighted by Crippen LogP contribution is -2.36. The SMILES string of the molecule is CO[C@@](C)(CS(=O)(=O)Nc1c[nH]c(=O)c(C)c1)c1ccccc1. The van der Waals surface area contributed by atoms with Gasteiger partial charge in [-0.1, -0.05) is 30.3 Å². The summed E-state index contributed by atoms with van der Waals surface area (Å²) in [6, 6.07) is 10.7. The van der Waals surface area contributed by atoms with Gasteiger partial charge in [-0.05, 0) is 25.5 Å². The molecule has 124 valence electrons. The summed E-state index contributed by atoms with van der Waals surface area (Å²) in [5, 5.41) is 0. The number of aryl methyl sites for hydroxylation is 1. The van der Waals surface area contributed by atoms with Crippen LogP contribution in [-0.4, -0.2) is 26.3 Å². The Kier molecular flexibility index (Phi) is 4.91. The molecule has 7 heteroatoms. The maximum absolute atomic E-state index is 12.5. The van der Waals surface area contributed by atoms with Crippen LogP contribution in [0.3, 0.4) is 0 Å². The first kappa shape index (κ1) is 17.2. The maximum Gasteiger partial charge on any atom is 0.250 e. The van der Waals surface area contributed by atoms with Crippen molar-refractivity contribution >= 4 is 15.7 Å². The number of hydrogen-bond acceptors (Lipinski definition) is 4. The minimum atomic E-state index is -3.68. The quantitative estimate of drug-likeness (QED) is 0.844. The highest BCUT2D eigenvalue weighted by atomic mass is 32.2. The van der Waals surface area contributed by atoms with Gasteiger partial charge in [0.15, 0.2) is 0 Å². The van der Waals surface area contributed by atoms with Gasteiger partial charge in [-0.25, -0.2) is 8.42 Å². The van der Waals surface area contributed by atoms with E-state index in [9.17, 15) is 13.2 Å². The van der Waals surface area contributed by atoms with Gasteiger partial charge in [-0.15, -0.1) is 0 Å². The van der Waals surface area contributed by atoms with Crippen LogP contribution in [0.5, 0.6) is 0 Å². The fourth-order valence-corrected chi connectivity index (χ4v) is 3.84. The fourth-order valence-electron chi connectivity index (χ4n) is 2.29. The van der Waals surface area contributed by atoms with Crippen LogP contribution in [0, 0.1) is 6.92 Å². The summed E-state index contributed by atoms with van der Waals surface area (Å²) in [5.74, 6) is -0.251. The predicted octanol–water partition coefficient (Wildman–Crippen LogP) is 1.99. The van der Waals surface area contributed by atoms with E-state index >= 15 is 0 Å². The molecule has 0 saturated heterocycles. The van der Waals surface area contributed by atoms with Crippen LogP contribution in [0.1, 0.15) is 18.1 Å². The first-order valence-corrected chi connectivity index (χ1v) is 8.71. The van der Waals surface area contributed by atoms with E-state index < -0.39 is 15.6 Å². The first-order valence-electron chi connectivity index (χ1n) is 7.06. The lowest BCUT2D eigenvalue weighted by Gasteiger charge is -2.28. The monoisotopic (exact) mass is 336 g/mol. The molecule has 2 N–H and O–H groups in total. The number of rotatable bonds is 6. The number of H-pyrrole nitrogens is 1. The van der Waals surface area contributed by atoms with E-state index in [1.54, 1.807) is 13.8 Å². The Balaban J connectivity index is 2.25. The number of aromatic amines is 1. The number of hydrogen-bond donors (Lipinski definition) is 2. The number of anilines is 1. The minimum Gasteiger partial charge on any atom is -0.373 e. The van der Waals surface area contributed by atoms with Gasteiger partial charge in [0.05, 0.1) is 5.69 Å². The van der Waals surface area contributed by atoms with Gasteiger partial charge < -0.3 is 9.72 Å². The summed E-state index contributed by atoms with van der Waals surface area (Å²) in [4.78, 5) is 13.8. The molecule has 6 nitrogen and oxygen atoms in total. The highest BCUT2D eigenvalue weighted by Crippen LogP contribution is 2.27. The average molecular weight is 336 g/mol. The average Bonchev–Trinajstić information content (AvgIpc) is 2.51. The molecule has 0 unspecified atom stereocenters. The number of benzene rings is 1. The molecule has 0 spiro atoms. The van der Waals surface area contributed by atoms with Gasteiger partial charge in [-0.2, -0.15) is 0 Å². The molecule has 0 aliphatic carbocycles. The standard InChI is InChI=1S/C16H20N2O4S/c1-12-9-14(10-17-15(12)19)18-23(20,21)11-16(2,22-3)13-7-5-4-6-8-13/h4-10,18H,11H2,1-3H3,(H,17,19)/t16-/m0/s1. The molecular weight excluding hydrogens is 316 g/mol. The summed E-state index contributed by atoms with van der Waals surface area (Å²) in [6.45, 7) is 3.33. The molecule has 1 atom stereocenters. The van der Waals surface area contributed by atoms with Crippen LogP contribution in [0.2, 0.25) is 0 Å². The highest BCUT2D eigenvalue weighted by molar-refractivity contribution is 7.92. The van der Waals surface area contributed by atoms with E-state index in [0.717, 1.165) is 5.56 Å². The van der Waals surface area contributed by atoms with Crippen molar-refractivity contribution in [3.8, 4) is 0 Å². The molecule has 0 fully saturated rings. The van der Waals surface area contributed by atoms with Crippen molar-refractivity contribution in [2.24, 2.45) is 0 Å². The summed E-state index contributed by atoms with van der Waals surface area (Å²) in [7, 11) is -2.20. The number of aromatic nitrogens is 1. The zero-order valence-corrected chi connectivity index (χ0v) is 14.1. The molecule has 23 heavy (non-hydrogen) atoms. The molecule has 0 aliphatic heterocycles. The molecular formula is C16H20N2O4S. The topological polar surface area (TPSA) is 88.3 Å². The van der Waals surface area contributed by atoms with Crippen LogP contribution < -0.4 is 10.3 Å². The van der Waals surface area contributed by atoms with Crippen molar-refractivity contribution in [2.75, 3.05) is 17.6 Å². The molecule has 0 amide bonds. The Labute approximate surface area is 135 Å². The normalized spacial score (nSPS) is 14.2. The van der Waals surface area contributed by atoms with E-state index in [1.807, 2.05) is 30.3 Å². The van der Waals surface area contributed by atoms with Crippen LogP contribution in [0.4, 0.5) is 5.69 Å². The smallest absolute Gasteiger partial charge is 0.250 e. The van der Waals surface area contributed by atoms with E-state index in [-0.39, 0.29) is 11.3 Å². The van der Waals surface area contributed by atoms with Gasteiger partial charge in [0, 0.05) is 18.9 Å². The van der Waals surface area contributed by atoms with Crippen molar-refractivity contribution in [3.63, 3.8) is 0 Å². The van der Waals surface area contributed by atoms with Crippen molar-refractivity contribution < 1.29 is 13.2 Å². The molecule has 0 radical (unpaired) electrons. The lowest BCUT2D eigenvalue weighted by molar-refractivity contribution is 0.0223. The fraction of sp³-hybridized carbons (Fsp3) is 0.312. The number of methoxy groups -OCH3 is 1. The Morgan fingerprint density at radius 2 is 1.91 bits per heavy atom. The zero-order valence-electron chi connectivity index (χ0n) is 13.3. The van der Waals surface area contributed by atoms with Crippen molar-refractivity contribution in [1.29, 1.82) is 0 Å². The Morgan fingerprint density at radius 3 is 2.48 bits per heavy atom. The summed E-state index contributed by atoms with van der Waals surface area (Å²) in [5.41, 5.74) is 0.283. The first-order chi connectivity index (χ1) is 10.8. The van der Waals surface area contributed by atoms with Crippen LogP contribution in [0.15, 0.2) is 47.4 Å². The number of nitrogens with one attached hydrogen (secondary N) is 2. The third-order valence-corrected chi connectivity index (χ3v) is 5.14. The van der Waals surface area contributed by atoms with Crippen molar-refractivity contribution in [2.45, 2.75) is 19.4 Å². The van der Waals surface area contributed by atoms with Crippen LogP contribution in [0.25, 0.3) is 0 Å². The van der Waals surface area contributed by atoms with Gasteiger partial charge >= 0.3 is 0 Å². The van der Waals surface area contributed by atoms with E-state index in [4.69, 9.17) is 4.74 Å². The highest BCUT2D eigenvalue weighted by Gasteiger charge is 2.32. The Morgan fingerprint density at radius 1 is 1.26 bits per heavy atom. The Hall–Kier alpha value is -2.12. The van der Waals surface area contributed by atoms with Gasteiger partial charge in [-0.3, -0.25) is 9.52 Å². The van der Waals surface area contributed by atoms with Gasteiger partial charge in [0.1, 0.15) is 11.4 Å². The van der Waals surface area contributed by atoms with E-state index in [2.05, 4.69) is 9.71 Å². The number of ether oxygens (including phenoxy) is 1. The number of pyridine rings is 1. The summed E-state index contributed by atoms with van der Waals surface area (Å²) >= 11 is 0. The maximum atomic E-state index is 12.5.